The Bertz CT molecular complexity index is 658. The number of anilines is 1. The fraction of sp³-hybridized carbons (Fsp3) is 0.188. The van der Waals surface area contributed by atoms with E-state index in [1.54, 1.807) is 37.3 Å². The van der Waals surface area contributed by atoms with Crippen molar-refractivity contribution in [3.63, 3.8) is 0 Å². The van der Waals surface area contributed by atoms with Gasteiger partial charge < -0.3 is 10.5 Å². The molecule has 1 unspecified atom stereocenters. The van der Waals surface area contributed by atoms with E-state index < -0.39 is 0 Å². The number of halogens is 2. The van der Waals surface area contributed by atoms with Crippen molar-refractivity contribution < 1.29 is 9.53 Å². The molecule has 2 aromatic carbocycles. The average molecular weight is 324 g/mol. The molecule has 5 heteroatoms. The first-order valence-electron chi connectivity index (χ1n) is 6.43. The zero-order valence-corrected chi connectivity index (χ0v) is 13.0. The maximum atomic E-state index is 12.1. The van der Waals surface area contributed by atoms with E-state index in [1.807, 2.05) is 12.1 Å². The van der Waals surface area contributed by atoms with Crippen molar-refractivity contribution in [2.45, 2.75) is 19.4 Å². The molecule has 0 radical (unpaired) electrons. The van der Waals surface area contributed by atoms with Crippen molar-refractivity contribution in [1.82, 2.24) is 0 Å². The number of nitrogens with two attached hydrogens (primary N) is 1. The summed E-state index contributed by atoms with van der Waals surface area (Å²) in [7, 11) is 0. The number of ether oxygens (including phenoxy) is 1. The lowest BCUT2D eigenvalue weighted by Crippen LogP contribution is -2.13. The number of esters is 1. The standard InChI is InChI=1S/C16H15Cl2NO2/c1-10(11-3-2-4-14(19)7-11)16(20)21-9-12-5-6-13(17)8-15(12)18/h2-8,10H,9,19H2,1H3. The molecule has 0 bridgehead atoms. The first-order valence-corrected chi connectivity index (χ1v) is 7.19. The SMILES string of the molecule is CC(C(=O)OCc1ccc(Cl)cc1Cl)c1cccc(N)c1. The Morgan fingerprint density at radius 3 is 2.67 bits per heavy atom. The lowest BCUT2D eigenvalue weighted by atomic mass is 10.0. The predicted octanol–water partition coefficient (Wildman–Crippen LogP) is 4.42. The lowest BCUT2D eigenvalue weighted by Gasteiger charge is -2.13. The Kier molecular flexibility index (Phi) is 5.10. The van der Waals surface area contributed by atoms with Gasteiger partial charge in [0, 0.05) is 21.3 Å². The van der Waals surface area contributed by atoms with Gasteiger partial charge in [0.25, 0.3) is 0 Å². The second kappa shape index (κ2) is 6.83. The highest BCUT2D eigenvalue weighted by Gasteiger charge is 2.17. The van der Waals surface area contributed by atoms with Gasteiger partial charge in [-0.25, -0.2) is 0 Å². The topological polar surface area (TPSA) is 52.3 Å². The van der Waals surface area contributed by atoms with Gasteiger partial charge in [-0.15, -0.1) is 0 Å². The van der Waals surface area contributed by atoms with E-state index in [2.05, 4.69) is 0 Å². The highest BCUT2D eigenvalue weighted by molar-refractivity contribution is 6.35. The number of hydrogen-bond acceptors (Lipinski definition) is 3. The number of carbonyl (C=O) groups excluding carboxylic acids is 1. The van der Waals surface area contributed by atoms with Crippen LogP contribution in [0, 0.1) is 0 Å². The van der Waals surface area contributed by atoms with E-state index in [0.717, 1.165) is 5.56 Å². The molecule has 0 amide bonds. The van der Waals surface area contributed by atoms with Gasteiger partial charge in [-0.3, -0.25) is 4.79 Å². The molecule has 2 N–H and O–H groups in total. The Morgan fingerprint density at radius 1 is 1.24 bits per heavy atom. The van der Waals surface area contributed by atoms with Crippen LogP contribution in [-0.2, 0) is 16.1 Å². The van der Waals surface area contributed by atoms with Gasteiger partial charge in [-0.1, -0.05) is 41.4 Å². The van der Waals surface area contributed by atoms with E-state index in [9.17, 15) is 4.79 Å². The van der Waals surface area contributed by atoms with Crippen molar-refractivity contribution >= 4 is 34.9 Å². The lowest BCUT2D eigenvalue weighted by molar-refractivity contribution is -0.146. The second-order valence-electron chi connectivity index (χ2n) is 4.74. The molecule has 110 valence electrons. The van der Waals surface area contributed by atoms with Crippen LogP contribution in [0.5, 0.6) is 0 Å². The van der Waals surface area contributed by atoms with Crippen LogP contribution in [0.1, 0.15) is 24.0 Å². The Balaban J connectivity index is 2.01. The molecule has 0 aliphatic heterocycles. The highest BCUT2D eigenvalue weighted by atomic mass is 35.5. The van der Waals surface area contributed by atoms with Crippen molar-refractivity contribution in [1.29, 1.82) is 0 Å². The van der Waals surface area contributed by atoms with Crippen LogP contribution in [0.4, 0.5) is 5.69 Å². The molecule has 0 saturated carbocycles. The summed E-state index contributed by atoms with van der Waals surface area (Å²) in [6, 6.07) is 12.3. The minimum Gasteiger partial charge on any atom is -0.460 e. The molecule has 0 aliphatic rings. The van der Waals surface area contributed by atoms with E-state index in [-0.39, 0.29) is 18.5 Å². The molecule has 3 nitrogen and oxygen atoms in total. The molecular formula is C16H15Cl2NO2. The molecule has 21 heavy (non-hydrogen) atoms. The number of nitrogen functional groups attached to an aromatic ring is 1. The monoisotopic (exact) mass is 323 g/mol. The summed E-state index contributed by atoms with van der Waals surface area (Å²) in [4.78, 5) is 12.1. The van der Waals surface area contributed by atoms with Crippen LogP contribution < -0.4 is 5.73 Å². The number of benzene rings is 2. The normalized spacial score (nSPS) is 12.0. The molecule has 2 rings (SSSR count). The molecule has 0 spiro atoms. The van der Waals surface area contributed by atoms with Gasteiger partial charge in [0.15, 0.2) is 0 Å². The van der Waals surface area contributed by atoms with Gasteiger partial charge in [-0.05, 0) is 36.8 Å². The largest absolute Gasteiger partial charge is 0.460 e. The third kappa shape index (κ3) is 4.13. The Morgan fingerprint density at radius 2 is 2.00 bits per heavy atom. The molecule has 0 aromatic heterocycles. The fourth-order valence-electron chi connectivity index (χ4n) is 1.88. The smallest absolute Gasteiger partial charge is 0.313 e. The molecule has 2 aromatic rings. The minimum atomic E-state index is -0.389. The third-order valence-electron chi connectivity index (χ3n) is 3.15. The van der Waals surface area contributed by atoms with Gasteiger partial charge in [0.2, 0.25) is 0 Å². The first kappa shape index (κ1) is 15.7. The maximum absolute atomic E-state index is 12.1. The first-order chi connectivity index (χ1) is 9.97. The maximum Gasteiger partial charge on any atom is 0.313 e. The summed E-state index contributed by atoms with van der Waals surface area (Å²) in [6.07, 6.45) is 0. The van der Waals surface area contributed by atoms with Crippen LogP contribution in [0.15, 0.2) is 42.5 Å². The number of carbonyl (C=O) groups is 1. The molecule has 0 aliphatic carbocycles. The van der Waals surface area contributed by atoms with Crippen molar-refractivity contribution in [2.75, 3.05) is 5.73 Å². The van der Waals surface area contributed by atoms with E-state index in [0.29, 0.717) is 21.3 Å². The number of hydrogen-bond donors (Lipinski definition) is 1. The van der Waals surface area contributed by atoms with E-state index in [1.165, 1.54) is 0 Å². The quantitative estimate of drug-likeness (QED) is 0.669. The second-order valence-corrected chi connectivity index (χ2v) is 5.58. The summed E-state index contributed by atoms with van der Waals surface area (Å²) >= 11 is 11.9. The summed E-state index contributed by atoms with van der Waals surface area (Å²) in [5.41, 5.74) is 7.87. The van der Waals surface area contributed by atoms with Crippen molar-refractivity contribution in [3.05, 3.63) is 63.6 Å². The van der Waals surface area contributed by atoms with E-state index >= 15 is 0 Å². The zero-order valence-electron chi connectivity index (χ0n) is 11.5. The van der Waals surface area contributed by atoms with Gasteiger partial charge in [0.05, 0.1) is 5.92 Å². The molecule has 0 heterocycles. The molecule has 0 saturated heterocycles. The summed E-state index contributed by atoms with van der Waals surface area (Å²) < 4.78 is 5.30. The molecule has 0 fully saturated rings. The number of rotatable bonds is 4. The minimum absolute atomic E-state index is 0.113. The molecular weight excluding hydrogens is 309 g/mol. The van der Waals surface area contributed by atoms with Crippen LogP contribution in [-0.4, -0.2) is 5.97 Å². The van der Waals surface area contributed by atoms with Gasteiger partial charge in [0.1, 0.15) is 6.61 Å². The van der Waals surface area contributed by atoms with Crippen LogP contribution in [0.2, 0.25) is 10.0 Å². The molecule has 1 atom stereocenters. The zero-order chi connectivity index (χ0) is 15.4. The van der Waals surface area contributed by atoms with Crippen LogP contribution in [0.25, 0.3) is 0 Å². The van der Waals surface area contributed by atoms with E-state index in [4.69, 9.17) is 33.7 Å². The Labute approximate surface area is 133 Å². The Hall–Kier alpha value is -1.71. The third-order valence-corrected chi connectivity index (χ3v) is 3.74. The summed E-state index contributed by atoms with van der Waals surface area (Å²) in [6.45, 7) is 1.89. The van der Waals surface area contributed by atoms with Gasteiger partial charge in [-0.2, -0.15) is 0 Å². The summed E-state index contributed by atoms with van der Waals surface area (Å²) in [5.74, 6) is -0.716. The fourth-order valence-corrected chi connectivity index (χ4v) is 2.34. The predicted molar refractivity (Wildman–Crippen MR) is 85.5 cm³/mol. The van der Waals surface area contributed by atoms with Crippen LogP contribution >= 0.6 is 23.2 Å². The van der Waals surface area contributed by atoms with Gasteiger partial charge >= 0.3 is 5.97 Å². The van der Waals surface area contributed by atoms with Crippen molar-refractivity contribution in [3.8, 4) is 0 Å². The summed E-state index contributed by atoms with van der Waals surface area (Å²) in [5, 5.41) is 1.02. The van der Waals surface area contributed by atoms with Crippen LogP contribution in [0.3, 0.4) is 0 Å². The van der Waals surface area contributed by atoms with Crippen molar-refractivity contribution in [2.24, 2.45) is 0 Å². The highest BCUT2D eigenvalue weighted by Crippen LogP contribution is 2.23. The average Bonchev–Trinajstić information content (AvgIpc) is 2.45.